The predicted octanol–water partition coefficient (Wildman–Crippen LogP) is 1.58. The van der Waals surface area contributed by atoms with E-state index in [0.717, 1.165) is 6.42 Å². The van der Waals surface area contributed by atoms with Crippen LogP contribution in [0.4, 0.5) is 0 Å². The lowest BCUT2D eigenvalue weighted by Gasteiger charge is -2.08. The Balaban J connectivity index is 3.24. The highest BCUT2D eigenvalue weighted by Crippen LogP contribution is 1.97. The number of carbonyl (C=O) groups is 1. The van der Waals surface area contributed by atoms with E-state index in [1.807, 2.05) is 6.92 Å². The summed E-state index contributed by atoms with van der Waals surface area (Å²) in [4.78, 5) is 10.8. The van der Waals surface area contributed by atoms with Crippen molar-refractivity contribution in [1.29, 1.82) is 0 Å². The van der Waals surface area contributed by atoms with Crippen molar-refractivity contribution in [1.82, 2.24) is 0 Å². The van der Waals surface area contributed by atoms with Crippen LogP contribution in [0, 0.1) is 0 Å². The minimum absolute atomic E-state index is 0.133. The molecule has 0 amide bonds. The third-order valence-electron chi connectivity index (χ3n) is 1.49. The van der Waals surface area contributed by atoms with Crippen molar-refractivity contribution >= 4 is 17.6 Å². The largest absolute Gasteiger partial charge is 0.466 e. The van der Waals surface area contributed by atoms with Gasteiger partial charge in [-0.05, 0) is 6.92 Å². The van der Waals surface area contributed by atoms with Crippen molar-refractivity contribution in [2.75, 3.05) is 19.6 Å². The van der Waals surface area contributed by atoms with Gasteiger partial charge in [-0.1, -0.05) is 0 Å². The molecule has 1 atom stereocenters. The third kappa shape index (κ3) is 6.43. The van der Waals surface area contributed by atoms with E-state index in [4.69, 9.17) is 21.1 Å². The van der Waals surface area contributed by atoms with E-state index in [0.29, 0.717) is 12.5 Å². The number of halogens is 1. The van der Waals surface area contributed by atoms with Gasteiger partial charge in [0.15, 0.2) is 0 Å². The molecule has 0 aliphatic carbocycles. The second-order valence-corrected chi connectivity index (χ2v) is 2.87. The normalized spacial score (nSPS) is 12.6. The van der Waals surface area contributed by atoms with Crippen LogP contribution >= 0.6 is 11.6 Å². The molecule has 0 heterocycles. The number of methoxy groups -OCH3 is 1. The predicted molar refractivity (Wildman–Crippen MR) is 47.4 cm³/mol. The average Bonchev–Trinajstić information content (AvgIpc) is 2.04. The standard InChI is InChI=1S/C8H15ClO3/c1-7(11-2)4-6-12-8(10)3-5-9/h7H,3-6H2,1-2H3/t7-/m1/s1. The highest BCUT2D eigenvalue weighted by atomic mass is 35.5. The Morgan fingerprint density at radius 3 is 2.75 bits per heavy atom. The first-order chi connectivity index (χ1) is 5.70. The van der Waals surface area contributed by atoms with E-state index in [2.05, 4.69) is 0 Å². The molecule has 0 fully saturated rings. The van der Waals surface area contributed by atoms with Crippen LogP contribution in [0.3, 0.4) is 0 Å². The smallest absolute Gasteiger partial charge is 0.306 e. The van der Waals surface area contributed by atoms with Gasteiger partial charge in [0, 0.05) is 19.4 Å². The fourth-order valence-corrected chi connectivity index (χ4v) is 0.760. The summed E-state index contributed by atoms with van der Waals surface area (Å²) in [7, 11) is 1.63. The van der Waals surface area contributed by atoms with Crippen molar-refractivity contribution in [2.45, 2.75) is 25.9 Å². The first kappa shape index (κ1) is 11.7. The summed E-state index contributed by atoms with van der Waals surface area (Å²) in [5.41, 5.74) is 0. The molecule has 0 radical (unpaired) electrons. The quantitative estimate of drug-likeness (QED) is 0.476. The Morgan fingerprint density at radius 1 is 1.58 bits per heavy atom. The van der Waals surface area contributed by atoms with Crippen molar-refractivity contribution in [3.05, 3.63) is 0 Å². The molecule has 4 heteroatoms. The van der Waals surface area contributed by atoms with E-state index in [9.17, 15) is 4.79 Å². The molecule has 0 aliphatic heterocycles. The molecule has 0 unspecified atom stereocenters. The topological polar surface area (TPSA) is 35.5 Å². The minimum atomic E-state index is -0.242. The van der Waals surface area contributed by atoms with Crippen LogP contribution in [0.15, 0.2) is 0 Å². The van der Waals surface area contributed by atoms with Crippen LogP contribution in [0.1, 0.15) is 19.8 Å². The number of carbonyl (C=O) groups excluding carboxylic acids is 1. The van der Waals surface area contributed by atoms with Gasteiger partial charge < -0.3 is 9.47 Å². The summed E-state index contributed by atoms with van der Waals surface area (Å²) >= 11 is 5.34. The van der Waals surface area contributed by atoms with E-state index >= 15 is 0 Å². The van der Waals surface area contributed by atoms with Gasteiger partial charge in [0.05, 0.1) is 19.1 Å². The number of esters is 1. The highest BCUT2D eigenvalue weighted by molar-refractivity contribution is 6.18. The van der Waals surface area contributed by atoms with Crippen LogP contribution in [-0.4, -0.2) is 31.7 Å². The lowest BCUT2D eigenvalue weighted by Crippen LogP contribution is -2.12. The summed E-state index contributed by atoms with van der Waals surface area (Å²) in [6, 6.07) is 0. The Hall–Kier alpha value is -0.280. The fraction of sp³-hybridized carbons (Fsp3) is 0.875. The average molecular weight is 195 g/mol. The van der Waals surface area contributed by atoms with Crippen molar-refractivity contribution < 1.29 is 14.3 Å². The number of alkyl halides is 1. The molecule has 0 N–H and O–H groups in total. The van der Waals surface area contributed by atoms with Crippen molar-refractivity contribution in [3.63, 3.8) is 0 Å². The van der Waals surface area contributed by atoms with E-state index < -0.39 is 0 Å². The van der Waals surface area contributed by atoms with Crippen LogP contribution in [0.25, 0.3) is 0 Å². The first-order valence-electron chi connectivity index (χ1n) is 3.95. The molecule has 0 saturated heterocycles. The highest BCUT2D eigenvalue weighted by Gasteiger charge is 2.03. The molecule has 0 aromatic heterocycles. The molecule has 0 rings (SSSR count). The zero-order valence-corrected chi connectivity index (χ0v) is 8.26. The van der Waals surface area contributed by atoms with Gasteiger partial charge >= 0.3 is 5.97 Å². The Morgan fingerprint density at radius 2 is 2.25 bits per heavy atom. The number of hydrogen-bond donors (Lipinski definition) is 0. The molecule has 12 heavy (non-hydrogen) atoms. The lowest BCUT2D eigenvalue weighted by molar-refractivity contribution is -0.143. The Kier molecular flexibility index (Phi) is 7.20. The van der Waals surface area contributed by atoms with Gasteiger partial charge in [-0.25, -0.2) is 0 Å². The second kappa shape index (κ2) is 7.37. The molecule has 3 nitrogen and oxygen atoms in total. The summed E-state index contributed by atoms with van der Waals surface area (Å²) in [5.74, 6) is 0.0758. The molecule has 0 spiro atoms. The van der Waals surface area contributed by atoms with Crippen LogP contribution < -0.4 is 0 Å². The Bertz CT molecular complexity index is 127. The van der Waals surface area contributed by atoms with E-state index in [-0.39, 0.29) is 18.5 Å². The molecule has 0 saturated carbocycles. The first-order valence-corrected chi connectivity index (χ1v) is 4.48. The number of ether oxygens (including phenoxy) is 2. The summed E-state index contributed by atoms with van der Waals surface area (Å²) in [6.07, 6.45) is 1.14. The lowest BCUT2D eigenvalue weighted by atomic mass is 10.3. The maximum atomic E-state index is 10.8. The van der Waals surface area contributed by atoms with Crippen LogP contribution in [-0.2, 0) is 14.3 Å². The van der Waals surface area contributed by atoms with E-state index in [1.165, 1.54) is 0 Å². The summed E-state index contributed by atoms with van der Waals surface area (Å²) < 4.78 is 9.83. The van der Waals surface area contributed by atoms with Gasteiger partial charge in [0.25, 0.3) is 0 Å². The molecular formula is C8H15ClO3. The molecule has 0 bridgehead atoms. The molecule has 0 aliphatic rings. The van der Waals surface area contributed by atoms with Gasteiger partial charge in [-0.3, -0.25) is 4.79 Å². The fourth-order valence-electron chi connectivity index (χ4n) is 0.606. The second-order valence-electron chi connectivity index (χ2n) is 2.49. The van der Waals surface area contributed by atoms with Gasteiger partial charge in [0.1, 0.15) is 0 Å². The van der Waals surface area contributed by atoms with Crippen LogP contribution in [0.2, 0.25) is 0 Å². The minimum Gasteiger partial charge on any atom is -0.466 e. The zero-order chi connectivity index (χ0) is 9.40. The van der Waals surface area contributed by atoms with Gasteiger partial charge in [-0.2, -0.15) is 0 Å². The third-order valence-corrected chi connectivity index (χ3v) is 1.68. The molecule has 0 aromatic rings. The molecular weight excluding hydrogens is 180 g/mol. The SMILES string of the molecule is CO[C@H](C)CCOC(=O)CCCl. The van der Waals surface area contributed by atoms with Crippen LogP contribution in [0.5, 0.6) is 0 Å². The summed E-state index contributed by atoms with van der Waals surface area (Å²) in [5, 5.41) is 0. The zero-order valence-electron chi connectivity index (χ0n) is 7.51. The monoisotopic (exact) mass is 194 g/mol. The number of rotatable bonds is 6. The van der Waals surface area contributed by atoms with E-state index in [1.54, 1.807) is 7.11 Å². The van der Waals surface area contributed by atoms with Crippen molar-refractivity contribution in [3.8, 4) is 0 Å². The van der Waals surface area contributed by atoms with Gasteiger partial charge in [-0.15, -0.1) is 11.6 Å². The molecule has 72 valence electrons. The summed E-state index contributed by atoms with van der Waals surface area (Å²) in [6.45, 7) is 2.33. The molecule has 0 aromatic carbocycles. The maximum Gasteiger partial charge on any atom is 0.306 e. The maximum absolute atomic E-state index is 10.8. The Labute approximate surface area is 78.0 Å². The number of hydrogen-bond acceptors (Lipinski definition) is 3. The van der Waals surface area contributed by atoms with Gasteiger partial charge in [0.2, 0.25) is 0 Å². The van der Waals surface area contributed by atoms with Crippen molar-refractivity contribution in [2.24, 2.45) is 0 Å².